The summed E-state index contributed by atoms with van der Waals surface area (Å²) in [6, 6.07) is 17.1. The van der Waals surface area contributed by atoms with Gasteiger partial charge in [0.05, 0.1) is 7.11 Å². The number of amides is 1. The van der Waals surface area contributed by atoms with Crippen LogP contribution in [0, 0.1) is 6.92 Å². The largest absolute Gasteiger partial charge is 0.496 e. The first-order valence-electron chi connectivity index (χ1n) is 8.73. The number of benzene rings is 2. The number of anilines is 2. The number of carbonyl (C=O) groups excluding carboxylic acids is 1. The van der Waals surface area contributed by atoms with E-state index in [0.717, 1.165) is 29.0 Å². The van der Waals surface area contributed by atoms with Crippen molar-refractivity contribution in [1.82, 2.24) is 9.97 Å². The van der Waals surface area contributed by atoms with Gasteiger partial charge in [-0.15, -0.1) is 0 Å². The summed E-state index contributed by atoms with van der Waals surface area (Å²) in [4.78, 5) is 20.9. The van der Waals surface area contributed by atoms with Crippen LogP contribution >= 0.6 is 0 Å². The molecule has 0 spiro atoms. The highest BCUT2D eigenvalue weighted by atomic mass is 16.5. The summed E-state index contributed by atoms with van der Waals surface area (Å²) in [6.45, 7) is 2.57. The molecule has 3 aromatic rings. The van der Waals surface area contributed by atoms with E-state index >= 15 is 0 Å². The number of hydrogen-bond donors (Lipinski definition) is 2. The van der Waals surface area contributed by atoms with Crippen molar-refractivity contribution in [2.45, 2.75) is 13.3 Å². The molecule has 0 aliphatic heterocycles. The number of aryl methyl sites for hydroxylation is 1. The lowest BCUT2D eigenvalue weighted by Gasteiger charge is -2.10. The van der Waals surface area contributed by atoms with Crippen LogP contribution < -0.4 is 15.4 Å². The molecule has 138 valence electrons. The van der Waals surface area contributed by atoms with E-state index in [2.05, 4.69) is 20.6 Å². The minimum absolute atomic E-state index is 0.264. The molecule has 0 aliphatic rings. The number of rotatable bonds is 7. The molecule has 0 saturated heterocycles. The van der Waals surface area contributed by atoms with Crippen molar-refractivity contribution in [3.05, 3.63) is 77.6 Å². The summed E-state index contributed by atoms with van der Waals surface area (Å²) in [5, 5.41) is 6.03. The van der Waals surface area contributed by atoms with Crippen LogP contribution in [-0.4, -0.2) is 29.5 Å². The first-order valence-corrected chi connectivity index (χ1v) is 8.73. The second-order valence-electron chi connectivity index (χ2n) is 6.02. The molecule has 1 amide bonds. The van der Waals surface area contributed by atoms with E-state index in [-0.39, 0.29) is 5.91 Å². The summed E-state index contributed by atoms with van der Waals surface area (Å²) in [6.07, 6.45) is 2.33. The van der Waals surface area contributed by atoms with Crippen molar-refractivity contribution >= 4 is 17.5 Å². The van der Waals surface area contributed by atoms with E-state index in [9.17, 15) is 4.79 Å². The second-order valence-corrected chi connectivity index (χ2v) is 6.02. The third-order valence-corrected chi connectivity index (χ3v) is 4.15. The topological polar surface area (TPSA) is 76.1 Å². The van der Waals surface area contributed by atoms with Crippen molar-refractivity contribution in [2.24, 2.45) is 0 Å². The zero-order valence-corrected chi connectivity index (χ0v) is 15.4. The zero-order valence-electron chi connectivity index (χ0n) is 15.4. The van der Waals surface area contributed by atoms with Crippen molar-refractivity contribution < 1.29 is 9.53 Å². The Morgan fingerprint density at radius 3 is 2.67 bits per heavy atom. The molecule has 27 heavy (non-hydrogen) atoms. The van der Waals surface area contributed by atoms with Crippen molar-refractivity contribution in [1.29, 1.82) is 0 Å². The van der Waals surface area contributed by atoms with E-state index < -0.39 is 0 Å². The predicted octanol–water partition coefficient (Wildman–Crippen LogP) is 3.70. The fraction of sp³-hybridized carbons (Fsp3) is 0.190. The molecule has 1 heterocycles. The van der Waals surface area contributed by atoms with Gasteiger partial charge >= 0.3 is 0 Å². The maximum Gasteiger partial charge on any atom is 0.274 e. The van der Waals surface area contributed by atoms with Crippen LogP contribution in [-0.2, 0) is 6.42 Å². The molecule has 0 saturated carbocycles. The minimum Gasteiger partial charge on any atom is -0.496 e. The third-order valence-electron chi connectivity index (χ3n) is 4.15. The molecule has 6 nitrogen and oxygen atoms in total. The smallest absolute Gasteiger partial charge is 0.274 e. The number of nitrogens with one attached hydrogen (secondary N) is 2. The Balaban J connectivity index is 1.62. The van der Waals surface area contributed by atoms with Crippen molar-refractivity contribution in [3.8, 4) is 5.75 Å². The number of ether oxygens (including phenoxy) is 1. The number of methoxy groups -OCH3 is 1. The summed E-state index contributed by atoms with van der Waals surface area (Å²) >= 11 is 0. The average molecular weight is 362 g/mol. The van der Waals surface area contributed by atoms with Gasteiger partial charge in [0.2, 0.25) is 5.95 Å². The molecule has 0 aliphatic carbocycles. The Morgan fingerprint density at radius 1 is 1.07 bits per heavy atom. The van der Waals surface area contributed by atoms with Crippen LogP contribution in [0.15, 0.2) is 60.8 Å². The van der Waals surface area contributed by atoms with Crippen LogP contribution in [0.4, 0.5) is 11.6 Å². The molecule has 2 N–H and O–H groups in total. The quantitative estimate of drug-likeness (QED) is 0.670. The second kappa shape index (κ2) is 8.80. The summed E-state index contributed by atoms with van der Waals surface area (Å²) in [7, 11) is 1.66. The molecule has 6 heteroatoms. The van der Waals surface area contributed by atoms with Gasteiger partial charge < -0.3 is 15.4 Å². The van der Waals surface area contributed by atoms with Gasteiger partial charge in [0, 0.05) is 18.4 Å². The highest BCUT2D eigenvalue weighted by molar-refractivity contribution is 6.03. The van der Waals surface area contributed by atoms with E-state index in [1.54, 1.807) is 19.4 Å². The minimum atomic E-state index is -0.264. The summed E-state index contributed by atoms with van der Waals surface area (Å²) in [5.41, 5.74) is 3.18. The van der Waals surface area contributed by atoms with Crippen molar-refractivity contribution in [2.75, 3.05) is 24.3 Å². The Hall–Kier alpha value is -3.41. The Labute approximate surface area is 158 Å². The highest BCUT2D eigenvalue weighted by Gasteiger charge is 2.10. The molecule has 0 unspecified atom stereocenters. The number of aromatic nitrogens is 2. The maximum atomic E-state index is 12.5. The number of carbonyl (C=O) groups is 1. The fourth-order valence-corrected chi connectivity index (χ4v) is 2.69. The standard InChI is InChI=1S/C21H22N4O2/c1-15-7-3-5-9-17(15)24-20(26)18-12-14-23-21(25-18)22-13-11-16-8-4-6-10-19(16)27-2/h3-10,12,14H,11,13H2,1-2H3,(H,24,26)(H,22,23,25). The molecule has 1 aromatic heterocycles. The lowest BCUT2D eigenvalue weighted by molar-refractivity contribution is 0.102. The monoisotopic (exact) mass is 362 g/mol. The number of para-hydroxylation sites is 2. The van der Waals surface area contributed by atoms with Crippen LogP contribution in [0.5, 0.6) is 5.75 Å². The molecule has 0 bridgehead atoms. The Bertz CT molecular complexity index is 927. The van der Waals surface area contributed by atoms with Crippen LogP contribution in [0.1, 0.15) is 21.6 Å². The highest BCUT2D eigenvalue weighted by Crippen LogP contribution is 2.18. The van der Waals surface area contributed by atoms with E-state index in [0.29, 0.717) is 18.2 Å². The van der Waals surface area contributed by atoms with Gasteiger partial charge in [-0.1, -0.05) is 36.4 Å². The van der Waals surface area contributed by atoms with Gasteiger partial charge in [-0.05, 0) is 42.7 Å². The Morgan fingerprint density at radius 2 is 1.85 bits per heavy atom. The van der Waals surface area contributed by atoms with E-state index in [1.807, 2.05) is 55.5 Å². The molecular weight excluding hydrogens is 340 g/mol. The van der Waals surface area contributed by atoms with E-state index in [4.69, 9.17) is 4.74 Å². The molecule has 0 fully saturated rings. The SMILES string of the molecule is COc1ccccc1CCNc1nccc(C(=O)Nc2ccccc2C)n1. The number of nitrogens with zero attached hydrogens (tertiary/aromatic N) is 2. The summed E-state index contributed by atoms with van der Waals surface area (Å²) < 4.78 is 5.35. The lowest BCUT2D eigenvalue weighted by Crippen LogP contribution is -2.16. The van der Waals surface area contributed by atoms with Crippen LogP contribution in [0.25, 0.3) is 0 Å². The first-order chi connectivity index (χ1) is 13.2. The average Bonchev–Trinajstić information content (AvgIpc) is 2.70. The zero-order chi connectivity index (χ0) is 19.1. The first kappa shape index (κ1) is 18.4. The van der Waals surface area contributed by atoms with Crippen LogP contribution in [0.2, 0.25) is 0 Å². The van der Waals surface area contributed by atoms with Gasteiger partial charge in [0.1, 0.15) is 11.4 Å². The van der Waals surface area contributed by atoms with Gasteiger partial charge in [-0.3, -0.25) is 4.79 Å². The normalized spacial score (nSPS) is 10.3. The van der Waals surface area contributed by atoms with E-state index in [1.165, 1.54) is 0 Å². The van der Waals surface area contributed by atoms with Gasteiger partial charge in [0.15, 0.2) is 0 Å². The molecule has 0 atom stereocenters. The van der Waals surface area contributed by atoms with Gasteiger partial charge in [-0.2, -0.15) is 0 Å². The fourth-order valence-electron chi connectivity index (χ4n) is 2.69. The molecular formula is C21H22N4O2. The molecule has 3 rings (SSSR count). The number of hydrogen-bond acceptors (Lipinski definition) is 5. The van der Waals surface area contributed by atoms with Gasteiger partial charge in [0.25, 0.3) is 5.91 Å². The Kier molecular flexibility index (Phi) is 5.99. The third kappa shape index (κ3) is 4.82. The van der Waals surface area contributed by atoms with Gasteiger partial charge in [-0.25, -0.2) is 9.97 Å². The van der Waals surface area contributed by atoms with Crippen LogP contribution in [0.3, 0.4) is 0 Å². The van der Waals surface area contributed by atoms with Crippen molar-refractivity contribution in [3.63, 3.8) is 0 Å². The molecule has 0 radical (unpaired) electrons. The lowest BCUT2D eigenvalue weighted by atomic mass is 10.1. The summed E-state index contributed by atoms with van der Waals surface area (Å²) in [5.74, 6) is 1.01. The predicted molar refractivity (Wildman–Crippen MR) is 106 cm³/mol. The maximum absolute atomic E-state index is 12.5. The molecule has 2 aromatic carbocycles.